The molecule has 0 unspecified atom stereocenters. The molecule has 0 saturated heterocycles. The Bertz CT molecular complexity index is 789. The molecule has 24 heavy (non-hydrogen) atoms. The predicted molar refractivity (Wildman–Crippen MR) is 95.2 cm³/mol. The van der Waals surface area contributed by atoms with Crippen LogP contribution in [0.4, 0.5) is 11.5 Å². The van der Waals surface area contributed by atoms with E-state index in [9.17, 15) is 8.42 Å². The number of nitrogens with two attached hydrogens (primary N) is 1. The van der Waals surface area contributed by atoms with Gasteiger partial charge in [0.05, 0.1) is 23.3 Å². The Morgan fingerprint density at radius 2 is 1.88 bits per heavy atom. The Morgan fingerprint density at radius 1 is 1.21 bits per heavy atom. The Morgan fingerprint density at radius 3 is 2.46 bits per heavy atom. The first kappa shape index (κ1) is 18.2. The second-order valence-corrected chi connectivity index (χ2v) is 8.25. The highest BCUT2D eigenvalue weighted by molar-refractivity contribution is 7.91. The fourth-order valence-corrected chi connectivity index (χ4v) is 2.87. The number of benzene rings is 1. The largest absolute Gasteiger partial charge is 0.399 e. The van der Waals surface area contributed by atoms with Crippen molar-refractivity contribution >= 4 is 21.3 Å². The van der Waals surface area contributed by atoms with Crippen LogP contribution in [-0.4, -0.2) is 41.9 Å². The van der Waals surface area contributed by atoms with E-state index in [1.807, 2.05) is 0 Å². The third-order valence-corrected chi connectivity index (χ3v) is 5.57. The molecule has 1 aromatic carbocycles. The number of nitrogens with one attached hydrogen (secondary N) is 1. The van der Waals surface area contributed by atoms with Gasteiger partial charge in [-0.3, -0.25) is 0 Å². The molecule has 7 nitrogen and oxygen atoms in total. The predicted octanol–water partition coefficient (Wildman–Crippen LogP) is 1.45. The van der Waals surface area contributed by atoms with E-state index >= 15 is 0 Å². The molecule has 0 saturated carbocycles. The van der Waals surface area contributed by atoms with Crippen molar-refractivity contribution in [3.8, 4) is 11.4 Å². The molecule has 0 aliphatic heterocycles. The Labute approximate surface area is 141 Å². The Balaban J connectivity index is 2.43. The number of rotatable bonds is 7. The van der Waals surface area contributed by atoms with Crippen LogP contribution in [0, 0.1) is 0 Å². The van der Waals surface area contributed by atoms with Crippen LogP contribution in [-0.2, 0) is 15.6 Å². The number of nitrogen functional groups attached to an aromatic ring is 1. The van der Waals surface area contributed by atoms with Crippen LogP contribution in [0.5, 0.6) is 0 Å². The van der Waals surface area contributed by atoms with Crippen LogP contribution in [0.15, 0.2) is 30.3 Å². The van der Waals surface area contributed by atoms with Gasteiger partial charge in [0.2, 0.25) is 0 Å². The summed E-state index contributed by atoms with van der Waals surface area (Å²) in [7, 11) is -3.28. The molecule has 2 aromatic rings. The van der Waals surface area contributed by atoms with E-state index in [1.54, 1.807) is 44.2 Å². The number of hydrogen-bond donors (Lipinski definition) is 3. The van der Waals surface area contributed by atoms with E-state index in [2.05, 4.69) is 15.3 Å². The number of anilines is 2. The van der Waals surface area contributed by atoms with Gasteiger partial charge in [0.1, 0.15) is 5.82 Å². The lowest BCUT2D eigenvalue weighted by molar-refractivity contribution is 0.311. The summed E-state index contributed by atoms with van der Waals surface area (Å²) in [5.41, 5.74) is 7.45. The van der Waals surface area contributed by atoms with E-state index < -0.39 is 15.1 Å². The molecule has 0 aliphatic rings. The summed E-state index contributed by atoms with van der Waals surface area (Å²) in [6.45, 7) is 3.54. The third kappa shape index (κ3) is 4.65. The van der Waals surface area contributed by atoms with E-state index in [-0.39, 0.29) is 12.4 Å². The first-order chi connectivity index (χ1) is 11.3. The van der Waals surface area contributed by atoms with Gasteiger partial charge in [-0.25, -0.2) is 18.4 Å². The number of aromatic nitrogens is 2. The van der Waals surface area contributed by atoms with Crippen molar-refractivity contribution in [2.45, 2.75) is 24.9 Å². The summed E-state index contributed by atoms with van der Waals surface area (Å²) in [6.07, 6.45) is 0. The lowest BCUT2D eigenvalue weighted by Crippen LogP contribution is -2.17. The summed E-state index contributed by atoms with van der Waals surface area (Å²) in [6, 6.07) is 8.62. The number of aliphatic hydroxyl groups is 1. The quantitative estimate of drug-likeness (QED) is 0.647. The van der Waals surface area contributed by atoms with Crippen molar-refractivity contribution < 1.29 is 13.5 Å². The van der Waals surface area contributed by atoms with Crippen molar-refractivity contribution in [1.82, 2.24) is 9.97 Å². The van der Waals surface area contributed by atoms with Crippen LogP contribution in [0.2, 0.25) is 0 Å². The van der Waals surface area contributed by atoms with Crippen LogP contribution >= 0.6 is 0 Å². The van der Waals surface area contributed by atoms with Crippen LogP contribution in [0.3, 0.4) is 0 Å². The zero-order chi connectivity index (χ0) is 17.7. The van der Waals surface area contributed by atoms with Gasteiger partial charge in [0.15, 0.2) is 15.7 Å². The first-order valence-corrected chi connectivity index (χ1v) is 9.33. The highest BCUT2D eigenvalue weighted by Crippen LogP contribution is 2.21. The summed E-state index contributed by atoms with van der Waals surface area (Å²) < 4.78 is 24.4. The van der Waals surface area contributed by atoms with Crippen LogP contribution < -0.4 is 11.1 Å². The molecule has 0 atom stereocenters. The smallest absolute Gasteiger partial charge is 0.161 e. The van der Waals surface area contributed by atoms with Gasteiger partial charge in [0, 0.05) is 23.9 Å². The lowest BCUT2D eigenvalue weighted by Gasteiger charge is -2.11. The maximum atomic E-state index is 12.2. The summed E-state index contributed by atoms with van der Waals surface area (Å²) in [5, 5.41) is 11.4. The van der Waals surface area contributed by atoms with Gasteiger partial charge in [0.25, 0.3) is 0 Å². The lowest BCUT2D eigenvalue weighted by atomic mass is 10.2. The highest BCUT2D eigenvalue weighted by Gasteiger charge is 2.19. The minimum Gasteiger partial charge on any atom is -0.399 e. The van der Waals surface area contributed by atoms with Crippen molar-refractivity contribution in [1.29, 1.82) is 0 Å². The van der Waals surface area contributed by atoms with Crippen LogP contribution in [0.25, 0.3) is 11.4 Å². The molecule has 0 bridgehead atoms. The first-order valence-electron chi connectivity index (χ1n) is 7.62. The molecule has 0 fully saturated rings. The average Bonchev–Trinajstić information content (AvgIpc) is 2.52. The molecule has 0 radical (unpaired) electrons. The topological polar surface area (TPSA) is 118 Å². The highest BCUT2D eigenvalue weighted by atomic mass is 32.2. The number of hydrogen-bond acceptors (Lipinski definition) is 7. The minimum atomic E-state index is -3.28. The van der Waals surface area contributed by atoms with Gasteiger partial charge in [-0.2, -0.15) is 0 Å². The maximum Gasteiger partial charge on any atom is 0.161 e. The van der Waals surface area contributed by atoms with E-state index in [0.29, 0.717) is 29.6 Å². The molecule has 0 aliphatic carbocycles. The fraction of sp³-hybridized carbons (Fsp3) is 0.375. The molecule has 0 amide bonds. The molecule has 2 rings (SSSR count). The molecule has 130 valence electrons. The zero-order valence-corrected chi connectivity index (χ0v) is 14.5. The molecule has 1 aromatic heterocycles. The summed E-state index contributed by atoms with van der Waals surface area (Å²) in [5.74, 6) is 0.718. The monoisotopic (exact) mass is 350 g/mol. The Kier molecular flexibility index (Phi) is 5.74. The fourth-order valence-electron chi connectivity index (χ4n) is 1.98. The van der Waals surface area contributed by atoms with Crippen molar-refractivity contribution in [3.63, 3.8) is 0 Å². The third-order valence-electron chi connectivity index (χ3n) is 3.43. The van der Waals surface area contributed by atoms with Crippen molar-refractivity contribution in [3.05, 3.63) is 36.0 Å². The second kappa shape index (κ2) is 7.59. The van der Waals surface area contributed by atoms with E-state index in [1.165, 1.54) is 0 Å². The van der Waals surface area contributed by atoms with Gasteiger partial charge < -0.3 is 16.2 Å². The van der Waals surface area contributed by atoms with Gasteiger partial charge >= 0.3 is 0 Å². The summed E-state index contributed by atoms with van der Waals surface area (Å²) >= 11 is 0. The molecular formula is C16H22N4O3S. The van der Waals surface area contributed by atoms with E-state index in [4.69, 9.17) is 10.8 Å². The number of aliphatic hydroxyl groups excluding tert-OH is 1. The van der Waals surface area contributed by atoms with Crippen LogP contribution in [0.1, 0.15) is 19.5 Å². The zero-order valence-electron chi connectivity index (χ0n) is 13.7. The number of nitrogens with zero attached hydrogens (tertiary/aromatic N) is 2. The van der Waals surface area contributed by atoms with Crippen molar-refractivity contribution in [2.75, 3.05) is 24.2 Å². The van der Waals surface area contributed by atoms with Crippen molar-refractivity contribution in [2.24, 2.45) is 0 Å². The van der Waals surface area contributed by atoms with E-state index in [0.717, 1.165) is 5.56 Å². The van der Waals surface area contributed by atoms with Gasteiger partial charge in [-0.15, -0.1) is 0 Å². The molecule has 8 heteroatoms. The SMILES string of the molecule is CC(C)S(=O)(=O)Cc1cc(NCCO)nc(-c2ccc(N)cc2)n1. The molecule has 4 N–H and O–H groups in total. The average molecular weight is 350 g/mol. The minimum absolute atomic E-state index is 0.0547. The Hall–Kier alpha value is -2.19. The standard InChI is InChI=1S/C16H22N4O3S/c1-11(2)24(22,23)10-14-9-15(18-7-8-21)20-16(19-14)12-3-5-13(17)6-4-12/h3-6,9,11,21H,7-8,10,17H2,1-2H3,(H,18,19,20). The normalized spacial score (nSPS) is 11.7. The maximum absolute atomic E-state index is 12.2. The van der Waals surface area contributed by atoms with Gasteiger partial charge in [-0.1, -0.05) is 0 Å². The number of sulfone groups is 1. The van der Waals surface area contributed by atoms with Gasteiger partial charge in [-0.05, 0) is 38.1 Å². The molecular weight excluding hydrogens is 328 g/mol. The molecule has 1 heterocycles. The summed E-state index contributed by atoms with van der Waals surface area (Å²) in [4.78, 5) is 8.75. The molecule has 0 spiro atoms. The second-order valence-electron chi connectivity index (χ2n) is 5.70.